The highest BCUT2D eigenvalue weighted by atomic mass is 16.5. The third kappa shape index (κ3) is 2.73. The molecule has 17 heavy (non-hydrogen) atoms. The molecule has 1 rings (SSSR count). The smallest absolute Gasteiger partial charge is 0.194 e. The van der Waals surface area contributed by atoms with E-state index in [1.807, 2.05) is 14.0 Å². The number of hydrogen-bond acceptors (Lipinski definition) is 2. The summed E-state index contributed by atoms with van der Waals surface area (Å²) in [5, 5.41) is 3.35. The van der Waals surface area contributed by atoms with Crippen LogP contribution in [0.1, 0.15) is 34.6 Å². The Hall–Kier alpha value is -0.770. The van der Waals surface area contributed by atoms with E-state index in [0.29, 0.717) is 5.41 Å². The zero-order valence-electron chi connectivity index (χ0n) is 12.1. The summed E-state index contributed by atoms with van der Waals surface area (Å²) in [6.07, 6.45) is 0. The van der Waals surface area contributed by atoms with Crippen molar-refractivity contribution in [3.8, 4) is 0 Å². The van der Waals surface area contributed by atoms with Crippen LogP contribution < -0.4 is 5.32 Å². The summed E-state index contributed by atoms with van der Waals surface area (Å²) in [7, 11) is 1.84. The Morgan fingerprint density at radius 3 is 2.41 bits per heavy atom. The molecule has 0 spiro atoms. The Morgan fingerprint density at radius 2 is 2.00 bits per heavy atom. The van der Waals surface area contributed by atoms with Crippen LogP contribution in [-0.4, -0.2) is 49.7 Å². The Balaban J connectivity index is 2.49. The Labute approximate surface area is 105 Å². The van der Waals surface area contributed by atoms with Gasteiger partial charge in [-0.2, -0.15) is 0 Å². The highest BCUT2D eigenvalue weighted by Gasteiger charge is 2.53. The SMILES string of the molecule is CCOCCNC(=NC)N1CC(C)(C)C1(C)C. The number of nitrogens with zero attached hydrogens (tertiary/aromatic N) is 2. The largest absolute Gasteiger partial charge is 0.380 e. The van der Waals surface area contributed by atoms with E-state index < -0.39 is 0 Å². The molecule has 4 nitrogen and oxygen atoms in total. The second-order valence-corrected chi connectivity index (χ2v) is 5.70. The maximum absolute atomic E-state index is 5.32. The zero-order valence-corrected chi connectivity index (χ0v) is 12.1. The monoisotopic (exact) mass is 241 g/mol. The lowest BCUT2D eigenvalue weighted by Gasteiger charge is -2.62. The molecule has 0 amide bonds. The van der Waals surface area contributed by atoms with E-state index in [9.17, 15) is 0 Å². The number of guanidine groups is 1. The van der Waals surface area contributed by atoms with Gasteiger partial charge < -0.3 is 15.0 Å². The maximum atomic E-state index is 5.32. The van der Waals surface area contributed by atoms with Gasteiger partial charge in [-0.25, -0.2) is 0 Å². The summed E-state index contributed by atoms with van der Waals surface area (Å²) >= 11 is 0. The molecule has 1 N–H and O–H groups in total. The van der Waals surface area contributed by atoms with Crippen molar-refractivity contribution >= 4 is 5.96 Å². The second kappa shape index (κ2) is 5.25. The fraction of sp³-hybridized carbons (Fsp3) is 0.923. The van der Waals surface area contributed by atoms with Crippen LogP contribution in [-0.2, 0) is 4.74 Å². The Bertz CT molecular complexity index is 284. The summed E-state index contributed by atoms with van der Waals surface area (Å²) < 4.78 is 5.32. The van der Waals surface area contributed by atoms with Crippen LogP contribution in [0.4, 0.5) is 0 Å². The molecule has 1 heterocycles. The molecule has 0 bridgehead atoms. The first kappa shape index (κ1) is 14.3. The highest BCUT2D eigenvalue weighted by Crippen LogP contribution is 2.46. The molecule has 0 saturated carbocycles. The predicted octanol–water partition coefficient (Wildman–Crippen LogP) is 1.72. The number of nitrogens with one attached hydrogen (secondary N) is 1. The van der Waals surface area contributed by atoms with Gasteiger partial charge in [-0.1, -0.05) is 13.8 Å². The van der Waals surface area contributed by atoms with Crippen LogP contribution in [0.15, 0.2) is 4.99 Å². The zero-order chi connectivity index (χ0) is 13.1. The van der Waals surface area contributed by atoms with Crippen molar-refractivity contribution in [2.45, 2.75) is 40.2 Å². The summed E-state index contributed by atoms with van der Waals surface area (Å²) in [5.41, 5.74) is 0.491. The lowest BCUT2D eigenvalue weighted by atomic mass is 9.65. The van der Waals surface area contributed by atoms with E-state index in [0.717, 1.165) is 32.3 Å². The summed E-state index contributed by atoms with van der Waals surface area (Å²) in [4.78, 5) is 6.68. The van der Waals surface area contributed by atoms with Gasteiger partial charge in [-0.05, 0) is 20.8 Å². The van der Waals surface area contributed by atoms with Crippen LogP contribution in [0.5, 0.6) is 0 Å². The number of likely N-dealkylation sites (tertiary alicyclic amines) is 1. The van der Waals surface area contributed by atoms with Gasteiger partial charge >= 0.3 is 0 Å². The van der Waals surface area contributed by atoms with E-state index in [2.05, 4.69) is 42.9 Å². The van der Waals surface area contributed by atoms with Gasteiger partial charge in [0, 0.05) is 37.7 Å². The molecule has 0 unspecified atom stereocenters. The van der Waals surface area contributed by atoms with Gasteiger partial charge in [0.2, 0.25) is 0 Å². The van der Waals surface area contributed by atoms with Crippen molar-refractivity contribution < 1.29 is 4.74 Å². The molecule has 100 valence electrons. The molecular formula is C13H27N3O. The molecule has 0 aromatic heterocycles. The number of aliphatic imine (C=N–C) groups is 1. The van der Waals surface area contributed by atoms with Crippen LogP contribution in [0, 0.1) is 5.41 Å². The topological polar surface area (TPSA) is 36.9 Å². The molecular weight excluding hydrogens is 214 g/mol. The Morgan fingerprint density at radius 1 is 1.35 bits per heavy atom. The molecule has 0 aromatic carbocycles. The molecule has 1 aliphatic rings. The molecule has 0 atom stereocenters. The van der Waals surface area contributed by atoms with Crippen LogP contribution in [0.2, 0.25) is 0 Å². The number of rotatable bonds is 4. The third-order valence-electron chi connectivity index (χ3n) is 4.09. The fourth-order valence-corrected chi connectivity index (χ4v) is 2.07. The number of ether oxygens (including phenoxy) is 1. The average Bonchev–Trinajstić information content (AvgIpc) is 2.27. The molecule has 1 aliphatic heterocycles. The van der Waals surface area contributed by atoms with Crippen LogP contribution in [0.25, 0.3) is 0 Å². The van der Waals surface area contributed by atoms with Crippen molar-refractivity contribution in [3.05, 3.63) is 0 Å². The predicted molar refractivity (Wildman–Crippen MR) is 72.4 cm³/mol. The molecule has 0 aromatic rings. The van der Waals surface area contributed by atoms with E-state index in [4.69, 9.17) is 4.74 Å². The normalized spacial score (nSPS) is 22.2. The van der Waals surface area contributed by atoms with E-state index in [1.165, 1.54) is 0 Å². The van der Waals surface area contributed by atoms with Crippen molar-refractivity contribution in [1.82, 2.24) is 10.2 Å². The molecule has 4 heteroatoms. The van der Waals surface area contributed by atoms with Gasteiger partial charge in [0.15, 0.2) is 5.96 Å². The third-order valence-corrected chi connectivity index (χ3v) is 4.09. The van der Waals surface area contributed by atoms with Crippen LogP contribution >= 0.6 is 0 Å². The first-order valence-corrected chi connectivity index (χ1v) is 6.43. The van der Waals surface area contributed by atoms with Gasteiger partial charge in [-0.3, -0.25) is 4.99 Å². The molecule has 1 saturated heterocycles. The highest BCUT2D eigenvalue weighted by molar-refractivity contribution is 5.81. The van der Waals surface area contributed by atoms with Crippen LogP contribution in [0.3, 0.4) is 0 Å². The number of hydrogen-bond donors (Lipinski definition) is 1. The van der Waals surface area contributed by atoms with E-state index in [1.54, 1.807) is 0 Å². The van der Waals surface area contributed by atoms with Gasteiger partial charge in [0.1, 0.15) is 0 Å². The molecule has 0 aliphatic carbocycles. The van der Waals surface area contributed by atoms with E-state index in [-0.39, 0.29) is 5.54 Å². The average molecular weight is 241 g/mol. The first-order chi connectivity index (χ1) is 7.86. The first-order valence-electron chi connectivity index (χ1n) is 6.43. The van der Waals surface area contributed by atoms with Gasteiger partial charge in [0.05, 0.1) is 6.61 Å². The van der Waals surface area contributed by atoms with E-state index >= 15 is 0 Å². The standard InChI is InChI=1S/C13H27N3O/c1-7-17-9-8-15-11(14-6)16-10-12(2,3)13(16,4)5/h7-10H2,1-6H3,(H,14,15). The molecule has 0 radical (unpaired) electrons. The lowest BCUT2D eigenvalue weighted by molar-refractivity contribution is -0.0668. The van der Waals surface area contributed by atoms with Crippen molar-refractivity contribution in [1.29, 1.82) is 0 Å². The minimum Gasteiger partial charge on any atom is -0.380 e. The van der Waals surface area contributed by atoms with Gasteiger partial charge in [-0.15, -0.1) is 0 Å². The van der Waals surface area contributed by atoms with Crippen molar-refractivity contribution in [2.75, 3.05) is 33.4 Å². The van der Waals surface area contributed by atoms with Gasteiger partial charge in [0.25, 0.3) is 0 Å². The maximum Gasteiger partial charge on any atom is 0.194 e. The minimum absolute atomic E-state index is 0.153. The second-order valence-electron chi connectivity index (χ2n) is 5.70. The minimum atomic E-state index is 0.153. The molecule has 1 fully saturated rings. The summed E-state index contributed by atoms with van der Waals surface area (Å²) in [6.45, 7) is 14.5. The van der Waals surface area contributed by atoms with Crippen molar-refractivity contribution in [2.24, 2.45) is 10.4 Å². The quantitative estimate of drug-likeness (QED) is 0.462. The Kier molecular flexibility index (Phi) is 4.42. The lowest BCUT2D eigenvalue weighted by Crippen LogP contribution is -2.72. The summed E-state index contributed by atoms with van der Waals surface area (Å²) in [6, 6.07) is 0. The summed E-state index contributed by atoms with van der Waals surface area (Å²) in [5.74, 6) is 0.981. The van der Waals surface area contributed by atoms with Crippen molar-refractivity contribution in [3.63, 3.8) is 0 Å². The fourth-order valence-electron chi connectivity index (χ4n) is 2.07.